The summed E-state index contributed by atoms with van der Waals surface area (Å²) in [6.45, 7) is 5.86. The van der Waals surface area contributed by atoms with Crippen molar-refractivity contribution in [3.8, 4) is 0 Å². The standard InChI is InChI=1S/C11H19N5OS/c1-15-4-6-16(7-5-15)3-2-13-10(17)9-8-18-11(12)14-9/h8H,2-7H2,1H3,(H2,12,14)(H,13,17). The van der Waals surface area contributed by atoms with Gasteiger partial charge in [-0.15, -0.1) is 11.3 Å². The van der Waals surface area contributed by atoms with Gasteiger partial charge in [0, 0.05) is 44.6 Å². The number of anilines is 1. The molecule has 0 radical (unpaired) electrons. The van der Waals surface area contributed by atoms with Crippen molar-refractivity contribution in [3.05, 3.63) is 11.1 Å². The molecule has 2 heterocycles. The zero-order chi connectivity index (χ0) is 13.0. The minimum atomic E-state index is -0.142. The zero-order valence-electron chi connectivity index (χ0n) is 10.6. The van der Waals surface area contributed by atoms with E-state index in [-0.39, 0.29) is 5.91 Å². The Morgan fingerprint density at radius 2 is 2.22 bits per heavy atom. The lowest BCUT2D eigenvalue weighted by molar-refractivity contribution is 0.0937. The Morgan fingerprint density at radius 3 is 2.83 bits per heavy atom. The maximum absolute atomic E-state index is 11.7. The molecule has 1 amide bonds. The van der Waals surface area contributed by atoms with Crippen LogP contribution in [0.1, 0.15) is 10.5 Å². The molecule has 1 aromatic heterocycles. The zero-order valence-corrected chi connectivity index (χ0v) is 11.4. The Bertz CT molecular complexity index is 400. The number of hydrogen-bond donors (Lipinski definition) is 2. The largest absolute Gasteiger partial charge is 0.375 e. The number of nitrogens with one attached hydrogen (secondary N) is 1. The smallest absolute Gasteiger partial charge is 0.270 e. The SMILES string of the molecule is CN1CCN(CCNC(=O)c2csc(N)n2)CC1. The Balaban J connectivity index is 1.67. The molecule has 6 nitrogen and oxygen atoms in total. The van der Waals surface area contributed by atoms with Gasteiger partial charge in [-0.2, -0.15) is 0 Å². The summed E-state index contributed by atoms with van der Waals surface area (Å²) >= 11 is 1.28. The van der Waals surface area contributed by atoms with Crippen molar-refractivity contribution >= 4 is 22.4 Å². The molecule has 0 aliphatic carbocycles. The number of rotatable bonds is 4. The van der Waals surface area contributed by atoms with Gasteiger partial charge in [0.1, 0.15) is 5.69 Å². The highest BCUT2D eigenvalue weighted by Gasteiger charge is 2.14. The maximum atomic E-state index is 11.7. The number of nitrogen functional groups attached to an aromatic ring is 1. The van der Waals surface area contributed by atoms with Crippen molar-refractivity contribution in [2.45, 2.75) is 0 Å². The molecule has 3 N–H and O–H groups in total. The lowest BCUT2D eigenvalue weighted by Crippen LogP contribution is -2.46. The summed E-state index contributed by atoms with van der Waals surface area (Å²) in [5.41, 5.74) is 5.90. The van der Waals surface area contributed by atoms with Gasteiger partial charge in [0.25, 0.3) is 5.91 Å². The van der Waals surface area contributed by atoms with E-state index in [4.69, 9.17) is 5.73 Å². The van der Waals surface area contributed by atoms with Crippen LogP contribution in [0.5, 0.6) is 0 Å². The summed E-state index contributed by atoms with van der Waals surface area (Å²) in [4.78, 5) is 20.3. The van der Waals surface area contributed by atoms with Crippen LogP contribution >= 0.6 is 11.3 Å². The van der Waals surface area contributed by atoms with Gasteiger partial charge in [0.05, 0.1) is 0 Å². The van der Waals surface area contributed by atoms with E-state index in [0.29, 0.717) is 17.4 Å². The van der Waals surface area contributed by atoms with Crippen LogP contribution in [0.2, 0.25) is 0 Å². The molecule has 18 heavy (non-hydrogen) atoms. The van der Waals surface area contributed by atoms with Gasteiger partial charge in [0.2, 0.25) is 0 Å². The lowest BCUT2D eigenvalue weighted by Gasteiger charge is -2.32. The predicted molar refractivity (Wildman–Crippen MR) is 72.8 cm³/mol. The molecule has 1 fully saturated rings. The Hall–Kier alpha value is -1.18. The fourth-order valence-corrected chi connectivity index (χ4v) is 2.42. The average molecular weight is 269 g/mol. The first-order chi connectivity index (χ1) is 8.65. The molecule has 1 saturated heterocycles. The number of hydrogen-bond acceptors (Lipinski definition) is 6. The van der Waals surface area contributed by atoms with E-state index in [2.05, 4.69) is 27.1 Å². The average Bonchev–Trinajstić information content (AvgIpc) is 2.78. The van der Waals surface area contributed by atoms with Gasteiger partial charge in [-0.1, -0.05) is 0 Å². The van der Waals surface area contributed by atoms with Crippen LogP contribution in [0.4, 0.5) is 5.13 Å². The molecule has 1 aliphatic rings. The van der Waals surface area contributed by atoms with E-state index in [1.807, 2.05) is 0 Å². The van der Waals surface area contributed by atoms with Gasteiger partial charge in [-0.05, 0) is 7.05 Å². The summed E-state index contributed by atoms with van der Waals surface area (Å²) in [6.07, 6.45) is 0. The molecule has 2 rings (SSSR count). The number of nitrogens with two attached hydrogens (primary N) is 1. The molecule has 1 aromatic rings. The molecule has 0 spiro atoms. The molecule has 0 atom stereocenters. The fraction of sp³-hybridized carbons (Fsp3) is 0.636. The van der Waals surface area contributed by atoms with Crippen molar-refractivity contribution in [1.82, 2.24) is 20.1 Å². The second-order valence-corrected chi connectivity index (χ2v) is 5.36. The summed E-state index contributed by atoms with van der Waals surface area (Å²) in [5, 5.41) is 4.98. The van der Waals surface area contributed by atoms with E-state index in [9.17, 15) is 4.79 Å². The summed E-state index contributed by atoms with van der Waals surface area (Å²) in [7, 11) is 2.13. The molecule has 0 bridgehead atoms. The van der Waals surface area contributed by atoms with E-state index in [0.717, 1.165) is 32.7 Å². The van der Waals surface area contributed by atoms with Gasteiger partial charge in [0.15, 0.2) is 5.13 Å². The normalized spacial score (nSPS) is 17.8. The number of carbonyl (C=O) groups excluding carboxylic acids is 1. The number of likely N-dealkylation sites (N-methyl/N-ethyl adjacent to an activating group) is 1. The molecule has 0 unspecified atom stereocenters. The maximum Gasteiger partial charge on any atom is 0.270 e. The third-order valence-electron chi connectivity index (χ3n) is 3.06. The van der Waals surface area contributed by atoms with Crippen LogP contribution < -0.4 is 11.1 Å². The molecule has 1 aliphatic heterocycles. The van der Waals surface area contributed by atoms with Crippen molar-refractivity contribution < 1.29 is 4.79 Å². The number of nitrogens with zero attached hydrogens (tertiary/aromatic N) is 3. The monoisotopic (exact) mass is 269 g/mol. The second-order valence-electron chi connectivity index (χ2n) is 4.47. The third kappa shape index (κ3) is 3.66. The molecular formula is C11H19N5OS. The fourth-order valence-electron chi connectivity index (χ4n) is 1.88. The van der Waals surface area contributed by atoms with Crippen molar-refractivity contribution in [2.24, 2.45) is 0 Å². The number of amides is 1. The minimum Gasteiger partial charge on any atom is -0.375 e. The van der Waals surface area contributed by atoms with Crippen LogP contribution in [-0.2, 0) is 0 Å². The Labute approximate surface area is 111 Å². The first kappa shape index (κ1) is 13.3. The van der Waals surface area contributed by atoms with Crippen molar-refractivity contribution in [2.75, 3.05) is 52.0 Å². The highest BCUT2D eigenvalue weighted by atomic mass is 32.1. The van der Waals surface area contributed by atoms with Crippen molar-refractivity contribution in [3.63, 3.8) is 0 Å². The molecular weight excluding hydrogens is 250 g/mol. The van der Waals surface area contributed by atoms with Gasteiger partial charge in [-0.3, -0.25) is 9.69 Å². The molecule has 7 heteroatoms. The summed E-state index contributed by atoms with van der Waals surface area (Å²) < 4.78 is 0. The first-order valence-electron chi connectivity index (χ1n) is 6.05. The van der Waals surface area contributed by atoms with Crippen LogP contribution in [0.25, 0.3) is 0 Å². The van der Waals surface area contributed by atoms with E-state index >= 15 is 0 Å². The third-order valence-corrected chi connectivity index (χ3v) is 3.74. The second kappa shape index (κ2) is 6.12. The van der Waals surface area contributed by atoms with E-state index in [1.165, 1.54) is 11.3 Å². The van der Waals surface area contributed by atoms with Crippen LogP contribution in [0.3, 0.4) is 0 Å². The first-order valence-corrected chi connectivity index (χ1v) is 6.93. The van der Waals surface area contributed by atoms with Crippen molar-refractivity contribution in [1.29, 1.82) is 0 Å². The number of aromatic nitrogens is 1. The minimum absolute atomic E-state index is 0.142. The molecule has 100 valence electrons. The number of carbonyl (C=O) groups is 1. The Kier molecular flexibility index (Phi) is 4.51. The number of thiazole rings is 1. The lowest BCUT2D eigenvalue weighted by atomic mass is 10.3. The topological polar surface area (TPSA) is 74.5 Å². The Morgan fingerprint density at radius 1 is 1.50 bits per heavy atom. The van der Waals surface area contributed by atoms with E-state index in [1.54, 1.807) is 5.38 Å². The van der Waals surface area contributed by atoms with Gasteiger partial charge in [-0.25, -0.2) is 4.98 Å². The number of piperazine rings is 1. The van der Waals surface area contributed by atoms with Gasteiger partial charge >= 0.3 is 0 Å². The quantitative estimate of drug-likeness (QED) is 0.785. The summed E-state index contributed by atoms with van der Waals surface area (Å²) in [5.74, 6) is -0.142. The van der Waals surface area contributed by atoms with Crippen LogP contribution in [0.15, 0.2) is 5.38 Å². The molecule has 0 saturated carbocycles. The predicted octanol–water partition coefficient (Wildman–Crippen LogP) is -0.297. The van der Waals surface area contributed by atoms with Crippen LogP contribution in [-0.4, -0.2) is 67.0 Å². The summed E-state index contributed by atoms with van der Waals surface area (Å²) in [6, 6.07) is 0. The molecule has 0 aromatic carbocycles. The highest BCUT2D eigenvalue weighted by Crippen LogP contribution is 2.10. The van der Waals surface area contributed by atoms with Crippen LogP contribution in [0, 0.1) is 0 Å². The van der Waals surface area contributed by atoms with E-state index < -0.39 is 0 Å². The highest BCUT2D eigenvalue weighted by molar-refractivity contribution is 7.13. The van der Waals surface area contributed by atoms with Gasteiger partial charge < -0.3 is 16.0 Å².